The first kappa shape index (κ1) is 11.6. The van der Waals surface area contributed by atoms with E-state index in [4.69, 9.17) is 16.3 Å². The van der Waals surface area contributed by atoms with Gasteiger partial charge in [0, 0.05) is 23.6 Å². The second kappa shape index (κ2) is 4.63. The molecule has 0 aromatic carbocycles. The summed E-state index contributed by atoms with van der Waals surface area (Å²) in [5.41, 5.74) is 2.36. The summed E-state index contributed by atoms with van der Waals surface area (Å²) in [6.45, 7) is 4.55. The van der Waals surface area contributed by atoms with E-state index in [1.54, 1.807) is 0 Å². The highest BCUT2D eigenvalue weighted by Gasteiger charge is 2.27. The van der Waals surface area contributed by atoms with Gasteiger partial charge in [0.05, 0.1) is 24.9 Å². The lowest BCUT2D eigenvalue weighted by Gasteiger charge is -2.35. The zero-order valence-corrected chi connectivity index (χ0v) is 11.2. The van der Waals surface area contributed by atoms with Crippen LogP contribution in [0.15, 0.2) is 0 Å². The maximum absolute atomic E-state index is 6.01. The standard InChI is InChI=1S/C11H14ClN3OS/c1-7-4-16-3-2-15(7)10-8-5-17-6-9(8)13-11(12)14-10/h7H,2-6H2,1H3/t7-/m0/s1. The van der Waals surface area contributed by atoms with Crippen molar-refractivity contribution in [1.29, 1.82) is 0 Å². The lowest BCUT2D eigenvalue weighted by atomic mass is 10.2. The number of thioether (sulfide) groups is 1. The van der Waals surface area contributed by atoms with E-state index in [0.29, 0.717) is 11.3 Å². The molecular weight excluding hydrogens is 258 g/mol. The highest BCUT2D eigenvalue weighted by atomic mass is 35.5. The number of ether oxygens (including phenoxy) is 1. The minimum absolute atomic E-state index is 0.351. The SMILES string of the molecule is C[C@H]1COCCN1c1nc(Cl)nc2c1CSC2. The molecule has 0 N–H and O–H groups in total. The number of halogens is 1. The molecule has 4 nitrogen and oxygen atoms in total. The number of morpholine rings is 1. The van der Waals surface area contributed by atoms with Crippen molar-refractivity contribution in [2.24, 2.45) is 0 Å². The van der Waals surface area contributed by atoms with E-state index in [-0.39, 0.29) is 0 Å². The smallest absolute Gasteiger partial charge is 0.224 e. The second-order valence-electron chi connectivity index (χ2n) is 4.35. The molecule has 3 rings (SSSR count). The molecule has 0 aliphatic carbocycles. The Morgan fingerprint density at radius 3 is 3.12 bits per heavy atom. The Morgan fingerprint density at radius 2 is 2.29 bits per heavy atom. The van der Waals surface area contributed by atoms with Gasteiger partial charge < -0.3 is 9.64 Å². The molecule has 0 unspecified atom stereocenters. The van der Waals surface area contributed by atoms with Crippen LogP contribution in [0.25, 0.3) is 0 Å². The van der Waals surface area contributed by atoms with Crippen molar-refractivity contribution >= 4 is 29.2 Å². The minimum atomic E-state index is 0.351. The third-order valence-corrected chi connectivity index (χ3v) is 4.31. The predicted octanol–water partition coefficient (Wildman–Crippen LogP) is 2.10. The number of nitrogens with zero attached hydrogens (tertiary/aromatic N) is 3. The average molecular weight is 272 g/mol. The summed E-state index contributed by atoms with van der Waals surface area (Å²) in [6.07, 6.45) is 0. The Bertz CT molecular complexity index is 443. The number of rotatable bonds is 1. The summed E-state index contributed by atoms with van der Waals surface area (Å²) < 4.78 is 5.46. The Hall–Kier alpha value is -0.520. The van der Waals surface area contributed by atoms with Crippen LogP contribution in [-0.4, -0.2) is 35.8 Å². The highest BCUT2D eigenvalue weighted by molar-refractivity contribution is 7.98. The summed E-state index contributed by atoms with van der Waals surface area (Å²) in [5, 5.41) is 0.361. The van der Waals surface area contributed by atoms with Crippen molar-refractivity contribution in [3.05, 3.63) is 16.5 Å². The largest absolute Gasteiger partial charge is 0.377 e. The van der Waals surface area contributed by atoms with Crippen LogP contribution in [0.4, 0.5) is 5.82 Å². The van der Waals surface area contributed by atoms with Crippen molar-refractivity contribution in [3.63, 3.8) is 0 Å². The van der Waals surface area contributed by atoms with Crippen molar-refractivity contribution < 1.29 is 4.74 Å². The summed E-state index contributed by atoms with van der Waals surface area (Å²) in [6, 6.07) is 0.351. The van der Waals surface area contributed by atoms with Crippen LogP contribution in [0.3, 0.4) is 0 Å². The molecule has 1 aromatic heterocycles. The fraction of sp³-hybridized carbons (Fsp3) is 0.636. The third-order valence-electron chi connectivity index (χ3n) is 3.17. The van der Waals surface area contributed by atoms with Crippen LogP contribution in [0.5, 0.6) is 0 Å². The summed E-state index contributed by atoms with van der Waals surface area (Å²) in [7, 11) is 0. The van der Waals surface area contributed by atoms with Crippen LogP contribution in [0.2, 0.25) is 5.28 Å². The van der Waals surface area contributed by atoms with E-state index < -0.39 is 0 Å². The van der Waals surface area contributed by atoms with Gasteiger partial charge in [0.15, 0.2) is 0 Å². The van der Waals surface area contributed by atoms with Crippen molar-refractivity contribution in [3.8, 4) is 0 Å². The normalized spacial score (nSPS) is 23.9. The summed E-state index contributed by atoms with van der Waals surface area (Å²) >= 11 is 7.88. The summed E-state index contributed by atoms with van der Waals surface area (Å²) in [4.78, 5) is 11.0. The molecule has 0 spiro atoms. The van der Waals surface area contributed by atoms with E-state index >= 15 is 0 Å². The van der Waals surface area contributed by atoms with Gasteiger partial charge in [0.25, 0.3) is 0 Å². The second-order valence-corrected chi connectivity index (χ2v) is 5.68. The minimum Gasteiger partial charge on any atom is -0.377 e. The molecule has 2 aliphatic heterocycles. The third kappa shape index (κ3) is 2.11. The molecule has 0 saturated carbocycles. The fourth-order valence-electron chi connectivity index (χ4n) is 2.28. The van der Waals surface area contributed by atoms with Crippen molar-refractivity contribution in [2.45, 2.75) is 24.5 Å². The first-order valence-corrected chi connectivity index (χ1v) is 7.26. The van der Waals surface area contributed by atoms with Gasteiger partial charge in [-0.15, -0.1) is 0 Å². The molecule has 6 heteroatoms. The molecule has 1 atom stereocenters. The molecule has 92 valence electrons. The maximum atomic E-state index is 6.01. The molecular formula is C11H14ClN3OS. The number of anilines is 1. The van der Waals surface area contributed by atoms with Crippen LogP contribution in [0.1, 0.15) is 18.2 Å². The lowest BCUT2D eigenvalue weighted by molar-refractivity contribution is 0.0984. The van der Waals surface area contributed by atoms with Gasteiger partial charge in [0.2, 0.25) is 5.28 Å². The zero-order valence-electron chi connectivity index (χ0n) is 9.65. The first-order chi connectivity index (χ1) is 8.25. The van der Waals surface area contributed by atoms with Crippen molar-refractivity contribution in [1.82, 2.24) is 9.97 Å². The van der Waals surface area contributed by atoms with Gasteiger partial charge in [-0.05, 0) is 18.5 Å². The Balaban J connectivity index is 2.01. The topological polar surface area (TPSA) is 38.2 Å². The zero-order chi connectivity index (χ0) is 11.8. The van der Waals surface area contributed by atoms with E-state index in [0.717, 1.165) is 42.8 Å². The lowest BCUT2D eigenvalue weighted by Crippen LogP contribution is -2.44. The molecule has 0 radical (unpaired) electrons. The van der Waals surface area contributed by atoms with Gasteiger partial charge >= 0.3 is 0 Å². The van der Waals surface area contributed by atoms with Gasteiger partial charge in [-0.3, -0.25) is 0 Å². The van der Waals surface area contributed by atoms with Gasteiger partial charge in [-0.25, -0.2) is 9.97 Å². The molecule has 1 fully saturated rings. The van der Waals surface area contributed by atoms with E-state index in [9.17, 15) is 0 Å². The number of aromatic nitrogens is 2. The highest BCUT2D eigenvalue weighted by Crippen LogP contribution is 2.36. The number of fused-ring (bicyclic) bond motifs is 1. The molecule has 1 saturated heterocycles. The quantitative estimate of drug-likeness (QED) is 0.732. The van der Waals surface area contributed by atoms with E-state index in [1.807, 2.05) is 11.8 Å². The van der Waals surface area contributed by atoms with Crippen LogP contribution >= 0.6 is 23.4 Å². The van der Waals surface area contributed by atoms with E-state index in [2.05, 4.69) is 21.8 Å². The first-order valence-electron chi connectivity index (χ1n) is 5.73. The molecule has 0 bridgehead atoms. The molecule has 3 heterocycles. The molecule has 2 aliphatic rings. The monoisotopic (exact) mass is 271 g/mol. The predicted molar refractivity (Wildman–Crippen MR) is 69.7 cm³/mol. The number of hydrogen-bond donors (Lipinski definition) is 0. The fourth-order valence-corrected chi connectivity index (χ4v) is 3.50. The van der Waals surface area contributed by atoms with Crippen LogP contribution in [0, 0.1) is 0 Å². The Labute approximate surface area is 110 Å². The summed E-state index contributed by atoms with van der Waals surface area (Å²) in [5.74, 6) is 2.95. The van der Waals surface area contributed by atoms with Gasteiger partial charge in [0.1, 0.15) is 5.82 Å². The van der Waals surface area contributed by atoms with Crippen LogP contribution in [-0.2, 0) is 16.2 Å². The van der Waals surface area contributed by atoms with E-state index in [1.165, 1.54) is 5.56 Å². The molecule has 1 aromatic rings. The van der Waals surface area contributed by atoms with Gasteiger partial charge in [-0.2, -0.15) is 11.8 Å². The maximum Gasteiger partial charge on any atom is 0.224 e. The van der Waals surface area contributed by atoms with Crippen molar-refractivity contribution in [2.75, 3.05) is 24.7 Å². The van der Waals surface area contributed by atoms with Gasteiger partial charge in [-0.1, -0.05) is 0 Å². The average Bonchev–Trinajstić information content (AvgIpc) is 2.76. The molecule has 17 heavy (non-hydrogen) atoms. The number of hydrogen-bond acceptors (Lipinski definition) is 5. The van der Waals surface area contributed by atoms with Crippen LogP contribution < -0.4 is 4.90 Å². The Morgan fingerprint density at radius 1 is 1.41 bits per heavy atom. The molecule has 0 amide bonds. The Kier molecular flexibility index (Phi) is 3.15.